The zero-order valence-corrected chi connectivity index (χ0v) is 17.0. The van der Waals surface area contributed by atoms with Gasteiger partial charge in [0.25, 0.3) is 10.0 Å². The summed E-state index contributed by atoms with van der Waals surface area (Å²) in [6.07, 6.45) is 0. The van der Waals surface area contributed by atoms with Crippen molar-refractivity contribution in [3.8, 4) is 10.6 Å². The molecule has 0 aliphatic heterocycles. The number of nitrogens with zero attached hydrogens (tertiary/aromatic N) is 1. The molecule has 0 amide bonds. The number of sulfonamides is 2. The molecule has 0 unspecified atom stereocenters. The average molecular weight is 474 g/mol. The molecule has 11 heteroatoms. The van der Waals surface area contributed by atoms with Crippen molar-refractivity contribution in [1.29, 1.82) is 0 Å². The van der Waals surface area contributed by atoms with Crippen LogP contribution in [0.5, 0.6) is 0 Å². The van der Waals surface area contributed by atoms with Crippen LogP contribution in [0.15, 0.2) is 68.3 Å². The molecule has 3 rings (SSSR count). The molecule has 0 bridgehead atoms. The highest BCUT2D eigenvalue weighted by Gasteiger charge is 2.20. The lowest BCUT2D eigenvalue weighted by molar-refractivity contribution is 0.595. The van der Waals surface area contributed by atoms with Crippen molar-refractivity contribution < 1.29 is 16.8 Å². The quantitative estimate of drug-likeness (QED) is 0.589. The predicted octanol–water partition coefficient (Wildman–Crippen LogP) is 3.02. The molecule has 3 N–H and O–H groups in total. The minimum Gasteiger partial charge on any atom is -0.278 e. The van der Waals surface area contributed by atoms with Crippen molar-refractivity contribution in [2.45, 2.75) is 9.92 Å². The third-order valence-corrected chi connectivity index (χ3v) is 7.01. The van der Waals surface area contributed by atoms with Gasteiger partial charge in [-0.1, -0.05) is 34.1 Å². The van der Waals surface area contributed by atoms with E-state index in [-0.39, 0.29) is 15.6 Å². The minimum atomic E-state index is -3.97. The van der Waals surface area contributed by atoms with Crippen LogP contribution >= 0.6 is 27.3 Å². The van der Waals surface area contributed by atoms with Crippen molar-refractivity contribution in [3.63, 3.8) is 0 Å². The van der Waals surface area contributed by atoms with Crippen molar-refractivity contribution in [2.24, 2.45) is 5.14 Å². The highest BCUT2D eigenvalue weighted by Crippen LogP contribution is 2.28. The Kier molecular flexibility index (Phi) is 5.17. The topological polar surface area (TPSA) is 119 Å². The molecular formula is C15H12BrN3O4S3. The molecule has 0 saturated heterocycles. The van der Waals surface area contributed by atoms with Crippen LogP contribution in [0.25, 0.3) is 10.6 Å². The molecule has 0 fully saturated rings. The van der Waals surface area contributed by atoms with Crippen LogP contribution in [0.3, 0.4) is 0 Å². The number of halogens is 1. The Morgan fingerprint density at radius 2 is 1.73 bits per heavy atom. The molecule has 0 aliphatic rings. The summed E-state index contributed by atoms with van der Waals surface area (Å²) in [5.41, 5.74) is 0.866. The number of anilines is 1. The van der Waals surface area contributed by atoms with Gasteiger partial charge in [-0.05, 0) is 30.3 Å². The van der Waals surface area contributed by atoms with E-state index < -0.39 is 20.0 Å². The Bertz CT molecular complexity index is 1160. The first-order valence-corrected chi connectivity index (χ1v) is 11.7. The first kappa shape index (κ1) is 19.0. The van der Waals surface area contributed by atoms with E-state index >= 15 is 0 Å². The molecule has 0 radical (unpaired) electrons. The van der Waals surface area contributed by atoms with Crippen LogP contribution in [0.4, 0.5) is 5.69 Å². The fraction of sp³-hybridized carbons (Fsp3) is 0. The van der Waals surface area contributed by atoms with Crippen LogP contribution in [-0.2, 0) is 20.0 Å². The van der Waals surface area contributed by atoms with Crippen molar-refractivity contribution >= 4 is 53.0 Å². The first-order chi connectivity index (χ1) is 12.1. The second kappa shape index (κ2) is 7.08. The molecule has 0 saturated carbocycles. The predicted molar refractivity (Wildman–Crippen MR) is 104 cm³/mol. The third-order valence-electron chi connectivity index (χ3n) is 3.26. The number of aromatic nitrogens is 1. The molecule has 1 aromatic heterocycles. The number of benzene rings is 2. The Labute approximate surface area is 163 Å². The second-order valence-electron chi connectivity index (χ2n) is 5.18. The lowest BCUT2D eigenvalue weighted by Crippen LogP contribution is -2.15. The Hall–Kier alpha value is -1.79. The SMILES string of the molecule is NS(=O)(=O)c1cccc(NS(=O)(=O)c2csc(-c3ccc(Br)cc3)n2)c1. The van der Waals surface area contributed by atoms with E-state index in [1.807, 2.05) is 24.3 Å². The fourth-order valence-corrected chi connectivity index (χ4v) is 5.03. The Balaban J connectivity index is 1.89. The van der Waals surface area contributed by atoms with E-state index in [0.717, 1.165) is 16.1 Å². The summed E-state index contributed by atoms with van der Waals surface area (Å²) in [5, 5.41) is 6.88. The number of hydrogen-bond donors (Lipinski definition) is 2. The maximum absolute atomic E-state index is 12.5. The van der Waals surface area contributed by atoms with E-state index in [2.05, 4.69) is 25.6 Å². The third kappa shape index (κ3) is 4.30. The summed E-state index contributed by atoms with van der Waals surface area (Å²) >= 11 is 4.53. The molecule has 26 heavy (non-hydrogen) atoms. The van der Waals surface area contributed by atoms with E-state index in [9.17, 15) is 16.8 Å². The summed E-state index contributed by atoms with van der Waals surface area (Å²) in [6, 6.07) is 12.6. The van der Waals surface area contributed by atoms with Crippen LogP contribution in [-0.4, -0.2) is 21.8 Å². The van der Waals surface area contributed by atoms with Gasteiger partial charge >= 0.3 is 0 Å². The fourth-order valence-electron chi connectivity index (χ4n) is 2.05. The number of nitrogens with two attached hydrogens (primary N) is 1. The van der Waals surface area contributed by atoms with Gasteiger partial charge < -0.3 is 0 Å². The normalized spacial score (nSPS) is 12.1. The molecule has 2 aromatic carbocycles. The molecule has 3 aromatic rings. The van der Waals surface area contributed by atoms with Gasteiger partial charge in [0.1, 0.15) is 5.01 Å². The van der Waals surface area contributed by atoms with Gasteiger partial charge in [-0.3, -0.25) is 4.72 Å². The van der Waals surface area contributed by atoms with E-state index in [0.29, 0.717) is 5.01 Å². The highest BCUT2D eigenvalue weighted by atomic mass is 79.9. The Morgan fingerprint density at radius 1 is 1.04 bits per heavy atom. The number of nitrogens with one attached hydrogen (secondary N) is 1. The van der Waals surface area contributed by atoms with Crippen molar-refractivity contribution in [1.82, 2.24) is 4.98 Å². The molecule has 1 heterocycles. The van der Waals surface area contributed by atoms with Crippen LogP contribution in [0, 0.1) is 0 Å². The van der Waals surface area contributed by atoms with E-state index in [1.165, 1.54) is 34.9 Å². The van der Waals surface area contributed by atoms with Gasteiger partial charge in [-0.2, -0.15) is 8.42 Å². The Morgan fingerprint density at radius 3 is 2.38 bits per heavy atom. The second-order valence-corrected chi connectivity index (χ2v) is 10.1. The van der Waals surface area contributed by atoms with Crippen molar-refractivity contribution in [2.75, 3.05) is 4.72 Å². The van der Waals surface area contributed by atoms with Gasteiger partial charge in [0, 0.05) is 15.4 Å². The number of rotatable bonds is 5. The monoisotopic (exact) mass is 473 g/mol. The lowest BCUT2D eigenvalue weighted by Gasteiger charge is -2.07. The minimum absolute atomic E-state index is 0.0784. The lowest BCUT2D eigenvalue weighted by atomic mass is 10.2. The summed E-state index contributed by atoms with van der Waals surface area (Å²) in [7, 11) is -7.90. The molecular weight excluding hydrogens is 462 g/mol. The molecule has 136 valence electrons. The van der Waals surface area contributed by atoms with Gasteiger partial charge in [0.2, 0.25) is 10.0 Å². The van der Waals surface area contributed by atoms with Crippen molar-refractivity contribution in [3.05, 3.63) is 58.4 Å². The maximum atomic E-state index is 12.5. The zero-order valence-electron chi connectivity index (χ0n) is 13.0. The molecule has 0 spiro atoms. The summed E-state index contributed by atoms with van der Waals surface area (Å²) < 4.78 is 51.0. The number of primary sulfonamides is 1. The molecule has 0 aliphatic carbocycles. The highest BCUT2D eigenvalue weighted by molar-refractivity contribution is 9.10. The van der Waals surface area contributed by atoms with Gasteiger partial charge in [0.05, 0.1) is 10.6 Å². The summed E-state index contributed by atoms with van der Waals surface area (Å²) in [6.45, 7) is 0. The van der Waals surface area contributed by atoms with Gasteiger partial charge in [-0.15, -0.1) is 11.3 Å². The van der Waals surface area contributed by atoms with E-state index in [4.69, 9.17) is 5.14 Å². The number of thiazole rings is 1. The standard InChI is InChI=1S/C15H12BrN3O4S3/c16-11-6-4-10(5-7-11)15-18-14(9-24-15)26(22,23)19-12-2-1-3-13(8-12)25(17,20)21/h1-9,19H,(H2,17,20,21). The zero-order chi connectivity index (χ0) is 18.9. The van der Waals surface area contributed by atoms with Crippen LogP contribution in [0.1, 0.15) is 0 Å². The van der Waals surface area contributed by atoms with Crippen LogP contribution < -0.4 is 9.86 Å². The number of hydrogen-bond acceptors (Lipinski definition) is 6. The first-order valence-electron chi connectivity index (χ1n) is 7.02. The largest absolute Gasteiger partial charge is 0.280 e. The smallest absolute Gasteiger partial charge is 0.278 e. The van der Waals surface area contributed by atoms with Crippen LogP contribution in [0.2, 0.25) is 0 Å². The average Bonchev–Trinajstić information content (AvgIpc) is 3.05. The molecule has 0 atom stereocenters. The van der Waals surface area contributed by atoms with Gasteiger partial charge in [-0.25, -0.2) is 18.5 Å². The summed E-state index contributed by atoms with van der Waals surface area (Å²) in [5.74, 6) is 0. The van der Waals surface area contributed by atoms with E-state index in [1.54, 1.807) is 0 Å². The maximum Gasteiger partial charge on any atom is 0.280 e. The molecule has 7 nitrogen and oxygen atoms in total. The summed E-state index contributed by atoms with van der Waals surface area (Å²) in [4.78, 5) is 3.97. The van der Waals surface area contributed by atoms with Gasteiger partial charge in [0.15, 0.2) is 5.03 Å².